The number of nitrogens with zero attached hydrogens (tertiary/aromatic N) is 2. The molecule has 1 fully saturated rings. The lowest BCUT2D eigenvalue weighted by Crippen LogP contribution is -2.40. The van der Waals surface area contributed by atoms with E-state index in [9.17, 15) is 4.79 Å². The van der Waals surface area contributed by atoms with Crippen LogP contribution >= 0.6 is 0 Å². The van der Waals surface area contributed by atoms with Crippen molar-refractivity contribution in [2.45, 2.75) is 45.1 Å². The van der Waals surface area contributed by atoms with Gasteiger partial charge in [-0.05, 0) is 61.1 Å². The Morgan fingerprint density at radius 3 is 2.56 bits per heavy atom. The first kappa shape index (κ1) is 22.5. The van der Waals surface area contributed by atoms with Crippen LogP contribution in [-0.2, 0) is 4.79 Å². The topological polar surface area (TPSA) is 51.2 Å². The minimum absolute atomic E-state index is 0.185. The number of carbonyl (C=O) groups excluding carboxylic acids is 1. The Labute approximate surface area is 191 Å². The van der Waals surface area contributed by atoms with Crippen molar-refractivity contribution < 1.29 is 19.0 Å². The summed E-state index contributed by atoms with van der Waals surface area (Å²) in [5, 5.41) is 0. The highest BCUT2D eigenvalue weighted by Gasteiger charge is 2.36. The van der Waals surface area contributed by atoms with Crippen molar-refractivity contribution in [3.8, 4) is 17.2 Å². The molecule has 32 heavy (non-hydrogen) atoms. The number of hydrogen-bond donors (Lipinski definition) is 0. The third-order valence-corrected chi connectivity index (χ3v) is 6.63. The van der Waals surface area contributed by atoms with Gasteiger partial charge in [-0.1, -0.05) is 31.5 Å². The van der Waals surface area contributed by atoms with Crippen molar-refractivity contribution in [3.63, 3.8) is 0 Å². The van der Waals surface area contributed by atoms with E-state index in [2.05, 4.69) is 43.0 Å². The Hall–Kier alpha value is -2.73. The molecular weight excluding hydrogens is 404 g/mol. The van der Waals surface area contributed by atoms with Crippen LogP contribution in [0.4, 0.5) is 0 Å². The summed E-state index contributed by atoms with van der Waals surface area (Å²) in [6.45, 7) is 7.37. The lowest BCUT2D eigenvalue weighted by atomic mass is 9.93. The quantitative estimate of drug-likeness (QED) is 0.573. The van der Waals surface area contributed by atoms with Gasteiger partial charge in [-0.2, -0.15) is 0 Å². The zero-order chi connectivity index (χ0) is 22.5. The van der Waals surface area contributed by atoms with Crippen molar-refractivity contribution >= 4 is 5.91 Å². The van der Waals surface area contributed by atoms with Crippen molar-refractivity contribution in [2.24, 2.45) is 0 Å². The summed E-state index contributed by atoms with van der Waals surface area (Å²) < 4.78 is 16.4. The molecule has 0 spiro atoms. The van der Waals surface area contributed by atoms with Gasteiger partial charge in [-0.15, -0.1) is 0 Å². The van der Waals surface area contributed by atoms with Gasteiger partial charge in [0.1, 0.15) is 5.75 Å². The van der Waals surface area contributed by atoms with Crippen LogP contribution in [0, 0.1) is 0 Å². The summed E-state index contributed by atoms with van der Waals surface area (Å²) in [6.07, 6.45) is 3.09. The molecule has 0 N–H and O–H groups in total. The minimum atomic E-state index is 0.185. The molecule has 1 saturated heterocycles. The van der Waals surface area contributed by atoms with Crippen molar-refractivity contribution in [3.05, 3.63) is 53.6 Å². The number of ether oxygens (including phenoxy) is 3. The van der Waals surface area contributed by atoms with Crippen molar-refractivity contribution in [2.75, 3.05) is 40.1 Å². The maximum Gasteiger partial charge on any atom is 0.236 e. The van der Waals surface area contributed by atoms with Crippen LogP contribution in [-0.4, -0.2) is 55.8 Å². The van der Waals surface area contributed by atoms with Gasteiger partial charge in [0.2, 0.25) is 12.7 Å². The van der Waals surface area contributed by atoms with E-state index in [1.165, 1.54) is 11.1 Å². The molecule has 1 amide bonds. The summed E-state index contributed by atoms with van der Waals surface area (Å²) in [6, 6.07) is 14.7. The SMILES string of the molecule is CCCCN(CC)C(=O)CN1C[C@@H](c2ccc3c(c2)OCO3)C[C@@H]1c1ccc(OC)cc1. The summed E-state index contributed by atoms with van der Waals surface area (Å²) in [5.74, 6) is 3.01. The lowest BCUT2D eigenvalue weighted by molar-refractivity contribution is -0.132. The number of hydrogen-bond acceptors (Lipinski definition) is 5. The zero-order valence-electron chi connectivity index (χ0n) is 19.4. The molecule has 2 aliphatic heterocycles. The molecule has 0 aromatic heterocycles. The normalized spacial score (nSPS) is 19.8. The molecule has 0 unspecified atom stereocenters. The van der Waals surface area contributed by atoms with Gasteiger partial charge < -0.3 is 19.1 Å². The van der Waals surface area contributed by atoms with Crippen LogP contribution < -0.4 is 14.2 Å². The van der Waals surface area contributed by atoms with E-state index in [-0.39, 0.29) is 18.7 Å². The third kappa shape index (κ3) is 4.85. The predicted octanol–water partition coefficient (Wildman–Crippen LogP) is 4.60. The lowest BCUT2D eigenvalue weighted by Gasteiger charge is -2.28. The van der Waals surface area contributed by atoms with Gasteiger partial charge in [0.15, 0.2) is 11.5 Å². The highest BCUT2D eigenvalue weighted by molar-refractivity contribution is 5.78. The smallest absolute Gasteiger partial charge is 0.236 e. The molecule has 6 nitrogen and oxygen atoms in total. The molecule has 2 atom stereocenters. The number of fused-ring (bicyclic) bond motifs is 1. The molecule has 0 radical (unpaired) electrons. The number of likely N-dealkylation sites (tertiary alicyclic amines) is 1. The molecule has 4 rings (SSSR count). The molecule has 2 aromatic carbocycles. The Morgan fingerprint density at radius 2 is 1.84 bits per heavy atom. The predicted molar refractivity (Wildman–Crippen MR) is 124 cm³/mol. The third-order valence-electron chi connectivity index (χ3n) is 6.63. The fourth-order valence-electron chi connectivity index (χ4n) is 4.74. The van der Waals surface area contributed by atoms with Crippen molar-refractivity contribution in [1.82, 2.24) is 9.80 Å². The maximum atomic E-state index is 13.1. The summed E-state index contributed by atoms with van der Waals surface area (Å²) in [5.41, 5.74) is 2.46. The molecule has 2 aliphatic rings. The molecular formula is C26H34N2O4. The number of carbonyl (C=O) groups is 1. The Kier molecular flexibility index (Phi) is 7.20. The average molecular weight is 439 g/mol. The first-order valence-electron chi connectivity index (χ1n) is 11.7. The Morgan fingerprint density at radius 1 is 1.09 bits per heavy atom. The van der Waals surface area contributed by atoms with E-state index in [0.29, 0.717) is 12.5 Å². The van der Waals surface area contributed by atoms with E-state index in [4.69, 9.17) is 14.2 Å². The molecule has 172 valence electrons. The molecule has 0 saturated carbocycles. The molecule has 6 heteroatoms. The van der Waals surface area contributed by atoms with Gasteiger partial charge in [-0.3, -0.25) is 9.69 Å². The second kappa shape index (κ2) is 10.3. The van der Waals surface area contributed by atoms with Crippen LogP contribution in [0.1, 0.15) is 56.2 Å². The van der Waals surface area contributed by atoms with Gasteiger partial charge in [0, 0.05) is 25.7 Å². The maximum absolute atomic E-state index is 13.1. The van der Waals surface area contributed by atoms with E-state index in [1.807, 2.05) is 23.1 Å². The highest BCUT2D eigenvalue weighted by Crippen LogP contribution is 2.43. The van der Waals surface area contributed by atoms with Crippen molar-refractivity contribution in [1.29, 1.82) is 0 Å². The second-order valence-electron chi connectivity index (χ2n) is 8.59. The fourth-order valence-corrected chi connectivity index (χ4v) is 4.74. The van der Waals surface area contributed by atoms with Gasteiger partial charge in [-0.25, -0.2) is 0 Å². The largest absolute Gasteiger partial charge is 0.497 e. The standard InChI is InChI=1S/C26H34N2O4/c1-4-6-13-27(5-2)26(29)17-28-16-21(20-9-12-24-25(15-20)32-18-31-24)14-23(28)19-7-10-22(30-3)11-8-19/h7-12,15,21,23H,4-6,13-14,16-18H2,1-3H3/t21-,23+/m0/s1. The van der Waals surface area contributed by atoms with E-state index < -0.39 is 0 Å². The van der Waals surface area contributed by atoms with E-state index in [1.54, 1.807) is 7.11 Å². The summed E-state index contributed by atoms with van der Waals surface area (Å²) in [7, 11) is 1.68. The van der Waals surface area contributed by atoms with E-state index in [0.717, 1.165) is 56.1 Å². The zero-order valence-corrected chi connectivity index (χ0v) is 19.4. The van der Waals surface area contributed by atoms with E-state index >= 15 is 0 Å². The van der Waals surface area contributed by atoms with Crippen LogP contribution in [0.25, 0.3) is 0 Å². The van der Waals surface area contributed by atoms with Crippen LogP contribution in [0.2, 0.25) is 0 Å². The number of rotatable bonds is 9. The minimum Gasteiger partial charge on any atom is -0.497 e. The highest BCUT2D eigenvalue weighted by atomic mass is 16.7. The summed E-state index contributed by atoms with van der Waals surface area (Å²) >= 11 is 0. The number of methoxy groups -OCH3 is 1. The Balaban J connectivity index is 1.55. The second-order valence-corrected chi connectivity index (χ2v) is 8.59. The van der Waals surface area contributed by atoms with Gasteiger partial charge in [0.25, 0.3) is 0 Å². The number of benzene rings is 2. The van der Waals surface area contributed by atoms with Gasteiger partial charge >= 0.3 is 0 Å². The fraction of sp³-hybridized carbons (Fsp3) is 0.500. The summed E-state index contributed by atoms with van der Waals surface area (Å²) in [4.78, 5) is 17.5. The molecule has 0 aliphatic carbocycles. The molecule has 0 bridgehead atoms. The number of likely N-dealkylation sites (N-methyl/N-ethyl adjacent to an activating group) is 1. The van der Waals surface area contributed by atoms with Crippen LogP contribution in [0.15, 0.2) is 42.5 Å². The first-order valence-corrected chi connectivity index (χ1v) is 11.7. The van der Waals surface area contributed by atoms with Crippen LogP contribution in [0.5, 0.6) is 17.2 Å². The Bertz CT molecular complexity index is 915. The van der Waals surface area contributed by atoms with Crippen LogP contribution in [0.3, 0.4) is 0 Å². The monoisotopic (exact) mass is 438 g/mol. The first-order chi connectivity index (χ1) is 15.6. The molecule has 2 aromatic rings. The van der Waals surface area contributed by atoms with Gasteiger partial charge in [0.05, 0.1) is 13.7 Å². The average Bonchev–Trinajstić information content (AvgIpc) is 3.46. The molecule has 2 heterocycles. The number of amides is 1. The number of unbranched alkanes of at least 4 members (excludes halogenated alkanes) is 1.